The third-order valence-corrected chi connectivity index (χ3v) is 7.55. The Morgan fingerprint density at radius 1 is 0.938 bits per heavy atom. The summed E-state index contributed by atoms with van der Waals surface area (Å²) >= 11 is 0. The summed E-state index contributed by atoms with van der Waals surface area (Å²) in [5, 5.41) is 9.24. The Kier molecular flexibility index (Phi) is 5.70. The highest BCUT2D eigenvalue weighted by Gasteiger charge is 2.37. The van der Waals surface area contributed by atoms with Crippen molar-refractivity contribution in [2.24, 2.45) is 5.41 Å². The van der Waals surface area contributed by atoms with Gasteiger partial charge in [-0.25, -0.2) is 0 Å². The minimum absolute atomic E-state index is 0.0519. The first kappa shape index (κ1) is 16.1. The lowest BCUT2D eigenvalue weighted by molar-refractivity contribution is 0.146. The monoisotopic (exact) mass is 246 g/mol. The zero-order valence-corrected chi connectivity index (χ0v) is 12.9. The minimum atomic E-state index is -2.04. The predicted molar refractivity (Wildman–Crippen MR) is 73.1 cm³/mol. The predicted octanol–water partition coefficient (Wildman–Crippen LogP) is 3.54. The fourth-order valence-electron chi connectivity index (χ4n) is 1.56. The summed E-state index contributed by atoms with van der Waals surface area (Å²) in [5.74, 6) is 0. The summed E-state index contributed by atoms with van der Waals surface area (Å²) in [7, 11) is -2.04. The van der Waals surface area contributed by atoms with Gasteiger partial charge in [0.25, 0.3) is 0 Å². The average molecular weight is 246 g/mol. The van der Waals surface area contributed by atoms with Gasteiger partial charge in [-0.2, -0.15) is 0 Å². The van der Waals surface area contributed by atoms with Gasteiger partial charge >= 0.3 is 0 Å². The highest BCUT2D eigenvalue weighted by Crippen LogP contribution is 2.40. The van der Waals surface area contributed by atoms with Gasteiger partial charge in [-0.3, -0.25) is 0 Å². The first-order valence-corrected chi connectivity index (χ1v) is 9.30. The van der Waals surface area contributed by atoms with Crippen LogP contribution in [0.3, 0.4) is 0 Å². The molecule has 0 unspecified atom stereocenters. The van der Waals surface area contributed by atoms with Gasteiger partial charge in [0.1, 0.15) is 0 Å². The number of aliphatic hydroxyl groups excluding tert-OH is 1. The van der Waals surface area contributed by atoms with E-state index >= 15 is 0 Å². The zero-order valence-electron chi connectivity index (χ0n) is 11.9. The van der Waals surface area contributed by atoms with Crippen LogP contribution in [0.1, 0.15) is 53.4 Å². The molecular weight excluding hydrogens is 216 g/mol. The fourth-order valence-corrected chi connectivity index (χ4v) is 2.34. The van der Waals surface area contributed by atoms with Gasteiger partial charge in [0, 0.05) is 6.61 Å². The highest BCUT2D eigenvalue weighted by molar-refractivity contribution is 6.72. The van der Waals surface area contributed by atoms with E-state index in [0.29, 0.717) is 0 Å². The maximum atomic E-state index is 10.1. The molecule has 0 aliphatic heterocycles. The summed E-state index contributed by atoms with van der Waals surface area (Å²) in [5.41, 5.74) is 0.0519. The van der Waals surface area contributed by atoms with E-state index in [0.717, 1.165) is 25.7 Å². The normalized spacial score (nSPS) is 14.2. The van der Waals surface area contributed by atoms with E-state index in [1.54, 1.807) is 0 Å². The van der Waals surface area contributed by atoms with Crippen molar-refractivity contribution in [3.63, 3.8) is 0 Å². The van der Waals surface area contributed by atoms with Crippen LogP contribution in [0.2, 0.25) is 18.1 Å². The summed E-state index contributed by atoms with van der Waals surface area (Å²) in [6.07, 6.45) is 4.44. The quantitative estimate of drug-likeness (QED) is 0.533. The number of aliphatic hydroxyl groups is 1. The molecule has 16 heavy (non-hydrogen) atoms. The summed E-state index contributed by atoms with van der Waals surface area (Å²) in [6, 6.07) is 0. The van der Waals surface area contributed by atoms with Gasteiger partial charge < -0.3 is 9.90 Å². The molecular formula is C13H30O2Si. The van der Waals surface area contributed by atoms with Crippen LogP contribution in [0, 0.1) is 5.41 Å². The summed E-state index contributed by atoms with van der Waals surface area (Å²) < 4.78 is 0. The Balaban J connectivity index is 3.92. The highest BCUT2D eigenvalue weighted by atomic mass is 28.4. The van der Waals surface area contributed by atoms with Gasteiger partial charge in [-0.1, -0.05) is 40.5 Å². The van der Waals surface area contributed by atoms with Crippen LogP contribution in [0.5, 0.6) is 0 Å². The van der Waals surface area contributed by atoms with Crippen molar-refractivity contribution < 1.29 is 9.90 Å². The van der Waals surface area contributed by atoms with E-state index in [1.807, 2.05) is 13.1 Å². The van der Waals surface area contributed by atoms with Crippen LogP contribution in [-0.2, 0) is 0 Å². The second-order valence-corrected chi connectivity index (χ2v) is 11.4. The number of hydrogen-bond acceptors (Lipinski definition) is 2. The molecule has 0 bridgehead atoms. The molecule has 3 heteroatoms. The van der Waals surface area contributed by atoms with Gasteiger partial charge in [-0.05, 0) is 36.4 Å². The van der Waals surface area contributed by atoms with Crippen molar-refractivity contribution in [1.29, 1.82) is 0 Å². The second kappa shape index (κ2) is 5.65. The SMILES string of the molecule is CC(C)(CO)CCCCC(C)(C)[Si](C)(C)O. The fraction of sp³-hybridized carbons (Fsp3) is 1.00. The van der Waals surface area contributed by atoms with Crippen molar-refractivity contribution >= 4 is 8.32 Å². The number of hydrogen-bond donors (Lipinski definition) is 2. The Morgan fingerprint density at radius 2 is 1.38 bits per heavy atom. The summed E-state index contributed by atoms with van der Waals surface area (Å²) in [4.78, 5) is 10.1. The van der Waals surface area contributed by atoms with Crippen molar-refractivity contribution in [3.8, 4) is 0 Å². The maximum absolute atomic E-state index is 10.1. The molecule has 0 radical (unpaired) electrons. The van der Waals surface area contributed by atoms with Gasteiger partial charge in [-0.15, -0.1) is 0 Å². The zero-order chi connectivity index (χ0) is 13.0. The van der Waals surface area contributed by atoms with Crippen LogP contribution in [0.15, 0.2) is 0 Å². The van der Waals surface area contributed by atoms with Crippen molar-refractivity contribution in [2.45, 2.75) is 71.5 Å². The smallest absolute Gasteiger partial charge is 0.188 e. The lowest BCUT2D eigenvalue weighted by atomic mass is 9.87. The molecule has 0 fully saturated rings. The molecule has 0 heterocycles. The first-order valence-electron chi connectivity index (χ1n) is 6.35. The van der Waals surface area contributed by atoms with E-state index in [2.05, 4.69) is 27.7 Å². The number of unbranched alkanes of at least 4 members (excludes halogenated alkanes) is 1. The van der Waals surface area contributed by atoms with Crippen LogP contribution < -0.4 is 0 Å². The van der Waals surface area contributed by atoms with E-state index in [4.69, 9.17) is 5.11 Å². The third kappa shape index (κ3) is 5.46. The number of rotatable bonds is 7. The molecule has 2 N–H and O–H groups in total. The van der Waals surface area contributed by atoms with E-state index in [9.17, 15) is 4.80 Å². The lowest BCUT2D eigenvalue weighted by Gasteiger charge is -2.35. The molecule has 0 saturated heterocycles. The van der Waals surface area contributed by atoms with Crippen LogP contribution in [0.25, 0.3) is 0 Å². The molecule has 0 spiro atoms. The molecule has 0 aromatic carbocycles. The Hall–Kier alpha value is 0.137. The molecule has 0 aliphatic carbocycles. The molecule has 0 aromatic heterocycles. The van der Waals surface area contributed by atoms with Crippen LogP contribution >= 0.6 is 0 Å². The molecule has 0 aliphatic rings. The van der Waals surface area contributed by atoms with Gasteiger partial charge in [0.2, 0.25) is 0 Å². The minimum Gasteiger partial charge on any atom is -0.432 e. The lowest BCUT2D eigenvalue weighted by Crippen LogP contribution is -2.38. The Bertz CT molecular complexity index is 204. The Labute approximate surface area is 102 Å². The van der Waals surface area contributed by atoms with E-state index < -0.39 is 8.32 Å². The Morgan fingerprint density at radius 3 is 1.75 bits per heavy atom. The molecule has 0 aromatic rings. The standard InChI is InChI=1S/C13H30O2Si/c1-12(2,11-14)9-7-8-10-13(3,4)16(5,6)15/h14-15H,7-11H2,1-6H3. The maximum Gasteiger partial charge on any atom is 0.188 e. The van der Waals surface area contributed by atoms with Crippen molar-refractivity contribution in [1.82, 2.24) is 0 Å². The van der Waals surface area contributed by atoms with Crippen molar-refractivity contribution in [3.05, 3.63) is 0 Å². The molecule has 0 amide bonds. The van der Waals surface area contributed by atoms with Crippen LogP contribution in [-0.4, -0.2) is 24.8 Å². The van der Waals surface area contributed by atoms with E-state index in [1.165, 1.54) is 0 Å². The molecule has 0 saturated carbocycles. The second-order valence-electron chi connectivity index (χ2n) is 6.97. The molecule has 0 atom stereocenters. The van der Waals surface area contributed by atoms with Crippen molar-refractivity contribution in [2.75, 3.05) is 6.61 Å². The van der Waals surface area contributed by atoms with E-state index in [-0.39, 0.29) is 17.1 Å². The summed E-state index contributed by atoms with van der Waals surface area (Å²) in [6.45, 7) is 12.9. The average Bonchev–Trinajstić information content (AvgIpc) is 2.11. The molecule has 0 rings (SSSR count). The first-order chi connectivity index (χ1) is 7.02. The van der Waals surface area contributed by atoms with Gasteiger partial charge in [0.15, 0.2) is 8.32 Å². The topological polar surface area (TPSA) is 40.5 Å². The van der Waals surface area contributed by atoms with Gasteiger partial charge in [0.05, 0.1) is 0 Å². The largest absolute Gasteiger partial charge is 0.432 e. The van der Waals surface area contributed by atoms with Crippen LogP contribution in [0.4, 0.5) is 0 Å². The molecule has 98 valence electrons. The third-order valence-electron chi connectivity index (χ3n) is 3.99. The molecule has 2 nitrogen and oxygen atoms in total.